The second kappa shape index (κ2) is 16.7. The Bertz CT molecular complexity index is 2500. The number of nitriles is 1. The second-order valence-corrected chi connectivity index (χ2v) is 18.8. The summed E-state index contributed by atoms with van der Waals surface area (Å²) in [6.45, 7) is 7.61. The highest BCUT2D eigenvalue weighted by Gasteiger charge is 2.50. The molecule has 326 valence electrons. The first-order valence-electron chi connectivity index (χ1n) is 22.7. The lowest BCUT2D eigenvalue weighted by molar-refractivity contribution is -0.0871. The minimum atomic E-state index is -0.853. The number of anilines is 2. The molecule has 2 fully saturated rings. The minimum Gasteiger partial charge on any atom is -0.476 e. The Balaban J connectivity index is 1.05. The Labute approximate surface area is 370 Å². The van der Waals surface area contributed by atoms with Crippen LogP contribution < -0.4 is 14.5 Å². The molecule has 0 unspecified atom stereocenters. The standard InChI is InChI=1S/C51H57FN8O3/c1-35-18-20-51(48-40(35)16-17-45(41(48)28-53)58(29-36-12-6-4-7-13-36)30-37-14-8-5-9-15-37)27-44-42(33-63-51)46(25-47(54-44)62-34-50-19-10-22-59(50)31-38(52)26-50)57-21-11-23-60-39(32-57)24-43(55-60)49(61)56(2)3/h4-9,12-17,24-25,35,38H,10-11,18-23,26-27,29-34H2,1-3H3/t35-,38+,50-,51-/m0/s1. The summed E-state index contributed by atoms with van der Waals surface area (Å²) < 4.78 is 30.9. The number of pyridine rings is 1. The number of benzene rings is 3. The number of aromatic nitrogens is 3. The molecule has 4 aliphatic heterocycles. The van der Waals surface area contributed by atoms with E-state index in [0.717, 1.165) is 84.6 Å². The van der Waals surface area contributed by atoms with Crippen LogP contribution in [0.2, 0.25) is 0 Å². The molecule has 12 heteroatoms. The third-order valence-corrected chi connectivity index (χ3v) is 14.4. The van der Waals surface area contributed by atoms with E-state index in [1.54, 1.807) is 19.0 Å². The lowest BCUT2D eigenvalue weighted by Gasteiger charge is -2.45. The number of halogens is 1. The van der Waals surface area contributed by atoms with Gasteiger partial charge in [0.2, 0.25) is 5.88 Å². The molecule has 1 amide bonds. The average molecular weight is 849 g/mol. The number of ether oxygens (including phenoxy) is 2. The molecular weight excluding hydrogens is 792 g/mol. The van der Waals surface area contributed by atoms with Crippen LogP contribution in [-0.4, -0.2) is 82.5 Å². The summed E-state index contributed by atoms with van der Waals surface area (Å²) in [7, 11) is 3.50. The first-order chi connectivity index (χ1) is 30.6. The van der Waals surface area contributed by atoms with E-state index < -0.39 is 11.8 Å². The van der Waals surface area contributed by atoms with E-state index in [4.69, 9.17) is 19.6 Å². The molecule has 2 aromatic heterocycles. The molecule has 63 heavy (non-hydrogen) atoms. The molecule has 6 heterocycles. The summed E-state index contributed by atoms with van der Waals surface area (Å²) in [6.07, 6.45) is 4.55. The molecule has 5 aromatic rings. The molecule has 11 nitrogen and oxygen atoms in total. The van der Waals surface area contributed by atoms with Crippen molar-refractivity contribution in [2.24, 2.45) is 0 Å². The number of aryl methyl sites for hydroxylation is 1. The highest BCUT2D eigenvalue weighted by atomic mass is 19.1. The Morgan fingerprint density at radius 3 is 2.48 bits per heavy atom. The zero-order valence-electron chi connectivity index (χ0n) is 36.7. The normalized spacial score (nSPS) is 23.9. The average Bonchev–Trinajstić information content (AvgIpc) is 3.93. The highest BCUT2D eigenvalue weighted by Crippen LogP contribution is 2.52. The summed E-state index contributed by atoms with van der Waals surface area (Å²) in [6, 6.07) is 32.0. The largest absolute Gasteiger partial charge is 0.476 e. The molecule has 10 rings (SSSR count). The first kappa shape index (κ1) is 41.3. The zero-order valence-corrected chi connectivity index (χ0v) is 36.7. The Morgan fingerprint density at radius 2 is 1.75 bits per heavy atom. The predicted octanol–water partition coefficient (Wildman–Crippen LogP) is 8.29. The minimum absolute atomic E-state index is 0.120. The van der Waals surface area contributed by atoms with Crippen LogP contribution in [0.3, 0.4) is 0 Å². The van der Waals surface area contributed by atoms with Crippen LogP contribution in [0.1, 0.15) is 107 Å². The monoisotopic (exact) mass is 848 g/mol. The number of carbonyl (C=O) groups is 1. The van der Waals surface area contributed by atoms with E-state index in [1.807, 2.05) is 22.9 Å². The molecular formula is C51H57FN8O3. The molecule has 4 atom stereocenters. The van der Waals surface area contributed by atoms with Gasteiger partial charge in [-0.1, -0.05) is 73.7 Å². The molecule has 1 spiro atoms. The molecule has 0 radical (unpaired) electrons. The SMILES string of the molecule is C[C@H]1CC[C@]2(Cc3nc(OC[C@@]45CCCN4C[C@H](F)C5)cc(N4CCCn5nc(C(=O)N(C)C)cc5C4)c3CO2)c2c1ccc(N(Cc1ccccc1)Cc1ccccc1)c2C#N. The molecule has 0 N–H and O–H groups in total. The van der Waals surface area contributed by atoms with Crippen LogP contribution in [-0.2, 0) is 49.5 Å². The Morgan fingerprint density at radius 1 is 0.984 bits per heavy atom. The van der Waals surface area contributed by atoms with Gasteiger partial charge in [0.1, 0.15) is 24.4 Å². The summed E-state index contributed by atoms with van der Waals surface area (Å²) >= 11 is 0. The third kappa shape index (κ3) is 7.73. The maximum Gasteiger partial charge on any atom is 0.273 e. The van der Waals surface area contributed by atoms with E-state index in [0.29, 0.717) is 75.9 Å². The number of alkyl halides is 1. The fourth-order valence-corrected chi connectivity index (χ4v) is 11.2. The fourth-order valence-electron chi connectivity index (χ4n) is 11.2. The van der Waals surface area contributed by atoms with E-state index >= 15 is 0 Å². The maximum atomic E-state index is 14.9. The topological polar surface area (TPSA) is 103 Å². The van der Waals surface area contributed by atoms with Crippen molar-refractivity contribution in [2.45, 2.75) is 108 Å². The Kier molecular flexibility index (Phi) is 11.0. The highest BCUT2D eigenvalue weighted by molar-refractivity contribution is 5.92. The van der Waals surface area contributed by atoms with E-state index in [-0.39, 0.29) is 17.4 Å². The summed E-state index contributed by atoms with van der Waals surface area (Å²) in [4.78, 5) is 26.8. The van der Waals surface area contributed by atoms with Crippen molar-refractivity contribution >= 4 is 17.3 Å². The number of rotatable bonds is 10. The van der Waals surface area contributed by atoms with Crippen molar-refractivity contribution in [3.63, 3.8) is 0 Å². The van der Waals surface area contributed by atoms with Gasteiger partial charge in [-0.3, -0.25) is 14.4 Å². The van der Waals surface area contributed by atoms with Gasteiger partial charge in [0.25, 0.3) is 5.91 Å². The number of hydrogen-bond acceptors (Lipinski definition) is 9. The quantitative estimate of drug-likeness (QED) is 0.137. The van der Waals surface area contributed by atoms with Crippen molar-refractivity contribution < 1.29 is 18.7 Å². The second-order valence-electron chi connectivity index (χ2n) is 18.8. The number of carbonyl (C=O) groups excluding carboxylic acids is 1. The van der Waals surface area contributed by atoms with Gasteiger partial charge >= 0.3 is 0 Å². The summed E-state index contributed by atoms with van der Waals surface area (Å²) in [5, 5.41) is 16.0. The van der Waals surface area contributed by atoms with Crippen LogP contribution in [0.5, 0.6) is 5.88 Å². The molecule has 2 saturated heterocycles. The van der Waals surface area contributed by atoms with Crippen LogP contribution in [0, 0.1) is 11.3 Å². The van der Waals surface area contributed by atoms with E-state index in [1.165, 1.54) is 11.1 Å². The van der Waals surface area contributed by atoms with Crippen LogP contribution >= 0.6 is 0 Å². The first-order valence-corrected chi connectivity index (χ1v) is 22.7. The van der Waals surface area contributed by atoms with Crippen LogP contribution in [0.4, 0.5) is 15.8 Å². The van der Waals surface area contributed by atoms with Gasteiger partial charge < -0.3 is 24.2 Å². The fraction of sp³-hybridized carbons (Fsp3) is 0.451. The van der Waals surface area contributed by atoms with Gasteiger partial charge in [-0.15, -0.1) is 0 Å². The number of fused-ring (bicyclic) bond motifs is 5. The van der Waals surface area contributed by atoms with Gasteiger partial charge in [0.15, 0.2) is 5.69 Å². The number of amides is 1. The van der Waals surface area contributed by atoms with E-state index in [9.17, 15) is 14.4 Å². The van der Waals surface area contributed by atoms with Gasteiger partial charge in [-0.05, 0) is 73.4 Å². The third-order valence-electron chi connectivity index (χ3n) is 14.4. The smallest absolute Gasteiger partial charge is 0.273 e. The molecule has 1 aliphatic carbocycles. The van der Waals surface area contributed by atoms with Crippen molar-refractivity contribution in [1.29, 1.82) is 5.26 Å². The van der Waals surface area contributed by atoms with Crippen molar-refractivity contribution in [3.05, 3.63) is 135 Å². The van der Waals surface area contributed by atoms with Gasteiger partial charge in [0, 0.05) is 82.5 Å². The van der Waals surface area contributed by atoms with Crippen LogP contribution in [0.25, 0.3) is 0 Å². The summed E-state index contributed by atoms with van der Waals surface area (Å²) in [5.41, 5.74) is 9.24. The number of hydrogen-bond donors (Lipinski definition) is 0. The summed E-state index contributed by atoms with van der Waals surface area (Å²) in [5.74, 6) is 0.657. The Hall–Kier alpha value is -5.77. The van der Waals surface area contributed by atoms with Gasteiger partial charge in [-0.25, -0.2) is 9.37 Å². The van der Waals surface area contributed by atoms with Crippen LogP contribution in [0.15, 0.2) is 84.9 Å². The number of nitrogens with zero attached hydrogens (tertiary/aromatic N) is 8. The lowest BCUT2D eigenvalue weighted by Crippen LogP contribution is -2.44. The van der Waals surface area contributed by atoms with Crippen molar-refractivity contribution in [1.82, 2.24) is 24.6 Å². The van der Waals surface area contributed by atoms with Crippen molar-refractivity contribution in [3.8, 4) is 11.9 Å². The molecule has 3 aromatic carbocycles. The predicted molar refractivity (Wildman–Crippen MR) is 240 cm³/mol. The molecule has 0 bridgehead atoms. The van der Waals surface area contributed by atoms with Gasteiger partial charge in [0.05, 0.1) is 41.3 Å². The molecule has 0 saturated carbocycles. The van der Waals surface area contributed by atoms with Gasteiger partial charge in [-0.2, -0.15) is 10.4 Å². The molecule has 5 aliphatic rings. The maximum absolute atomic E-state index is 14.9. The van der Waals surface area contributed by atoms with Crippen molar-refractivity contribution in [2.75, 3.05) is 50.1 Å². The van der Waals surface area contributed by atoms with E-state index in [2.05, 4.69) is 94.4 Å². The zero-order chi connectivity index (χ0) is 43.3. The lowest BCUT2D eigenvalue weighted by atomic mass is 9.69.